The summed E-state index contributed by atoms with van der Waals surface area (Å²) in [5, 5.41) is 2.85. The highest BCUT2D eigenvalue weighted by molar-refractivity contribution is 7.12. The maximum atomic E-state index is 5.77. The molecule has 2 N–H and O–H groups in total. The van der Waals surface area contributed by atoms with Crippen LogP contribution >= 0.6 is 11.3 Å². The molecule has 0 unspecified atom stereocenters. The van der Waals surface area contributed by atoms with Crippen molar-refractivity contribution < 1.29 is 4.57 Å². The lowest BCUT2D eigenvalue weighted by Gasteiger charge is -1.97. The Morgan fingerprint density at radius 3 is 2.62 bits per heavy atom. The largest absolute Gasteiger partial charge is 0.331 e. The van der Waals surface area contributed by atoms with Crippen LogP contribution in [0.2, 0.25) is 0 Å². The zero-order valence-corrected chi connectivity index (χ0v) is 8.00. The van der Waals surface area contributed by atoms with Crippen LogP contribution < -0.4 is 10.3 Å². The van der Waals surface area contributed by atoms with E-state index in [1.807, 2.05) is 34.3 Å². The topological polar surface area (TPSA) is 29.9 Å². The van der Waals surface area contributed by atoms with Gasteiger partial charge in [-0.1, -0.05) is 41.7 Å². The predicted octanol–water partition coefficient (Wildman–Crippen LogP) is 1.67. The van der Waals surface area contributed by atoms with Gasteiger partial charge in [-0.05, 0) is 5.56 Å². The highest BCUT2D eigenvalue weighted by Gasteiger charge is 2.04. The van der Waals surface area contributed by atoms with E-state index in [2.05, 4.69) is 12.1 Å². The third-order valence-corrected chi connectivity index (χ3v) is 2.64. The van der Waals surface area contributed by atoms with Gasteiger partial charge in [0.25, 0.3) is 0 Å². The monoisotopic (exact) mass is 191 g/mol. The maximum Gasteiger partial charge on any atom is 0.331 e. The quantitative estimate of drug-likeness (QED) is 0.719. The molecule has 0 radical (unpaired) electrons. The molecule has 1 aromatic heterocycles. The van der Waals surface area contributed by atoms with E-state index in [9.17, 15) is 0 Å². The van der Waals surface area contributed by atoms with Gasteiger partial charge in [0.2, 0.25) is 0 Å². The number of nitrogen functional groups attached to an aromatic ring is 1. The Morgan fingerprint density at radius 2 is 2.00 bits per heavy atom. The first-order chi connectivity index (χ1) is 6.36. The van der Waals surface area contributed by atoms with Crippen LogP contribution in [0.1, 0.15) is 5.56 Å². The van der Waals surface area contributed by atoms with Crippen LogP contribution in [-0.2, 0) is 6.54 Å². The molecule has 0 fully saturated rings. The summed E-state index contributed by atoms with van der Waals surface area (Å²) in [5.41, 5.74) is 7.05. The van der Waals surface area contributed by atoms with Crippen LogP contribution in [-0.4, -0.2) is 0 Å². The van der Waals surface area contributed by atoms with Crippen molar-refractivity contribution in [3.63, 3.8) is 0 Å². The van der Waals surface area contributed by atoms with Crippen molar-refractivity contribution in [3.8, 4) is 0 Å². The van der Waals surface area contributed by atoms with Gasteiger partial charge in [-0.3, -0.25) is 5.73 Å². The lowest BCUT2D eigenvalue weighted by Crippen LogP contribution is -2.34. The first-order valence-corrected chi connectivity index (χ1v) is 5.00. The van der Waals surface area contributed by atoms with E-state index in [0.29, 0.717) is 0 Å². The SMILES string of the molecule is Nc1scc[n+]1Cc1ccccc1. The van der Waals surface area contributed by atoms with E-state index in [0.717, 1.165) is 11.7 Å². The second-order valence-electron chi connectivity index (χ2n) is 2.85. The van der Waals surface area contributed by atoms with E-state index in [4.69, 9.17) is 5.73 Å². The van der Waals surface area contributed by atoms with Crippen molar-refractivity contribution in [2.45, 2.75) is 6.54 Å². The minimum absolute atomic E-state index is 0.851. The normalized spacial score (nSPS) is 10.2. The Bertz CT molecular complexity index is 381. The van der Waals surface area contributed by atoms with Crippen molar-refractivity contribution in [2.75, 3.05) is 5.73 Å². The molecule has 2 aromatic rings. The van der Waals surface area contributed by atoms with Gasteiger partial charge in [0.1, 0.15) is 12.7 Å². The predicted molar refractivity (Wildman–Crippen MR) is 54.5 cm³/mol. The molecule has 0 spiro atoms. The lowest BCUT2D eigenvalue weighted by molar-refractivity contribution is -0.669. The van der Waals surface area contributed by atoms with Gasteiger partial charge < -0.3 is 0 Å². The van der Waals surface area contributed by atoms with Crippen LogP contribution in [0.4, 0.5) is 5.13 Å². The number of nitrogens with zero attached hydrogens (tertiary/aromatic N) is 1. The molecule has 13 heavy (non-hydrogen) atoms. The van der Waals surface area contributed by atoms with E-state index >= 15 is 0 Å². The van der Waals surface area contributed by atoms with Crippen LogP contribution in [0.3, 0.4) is 0 Å². The Balaban J connectivity index is 2.20. The van der Waals surface area contributed by atoms with E-state index in [-0.39, 0.29) is 0 Å². The summed E-state index contributed by atoms with van der Waals surface area (Å²) in [5.74, 6) is 0. The molecular formula is C10H11N2S+. The zero-order chi connectivity index (χ0) is 9.10. The van der Waals surface area contributed by atoms with E-state index in [1.54, 1.807) is 11.3 Å². The summed E-state index contributed by atoms with van der Waals surface area (Å²) in [4.78, 5) is 0. The van der Waals surface area contributed by atoms with Crippen LogP contribution in [0.5, 0.6) is 0 Å². The molecule has 0 amide bonds. The molecule has 0 saturated carbocycles. The highest BCUT2D eigenvalue weighted by Crippen LogP contribution is 2.05. The van der Waals surface area contributed by atoms with Crippen molar-refractivity contribution in [1.82, 2.24) is 0 Å². The molecule has 0 aliphatic heterocycles. The number of thiazole rings is 1. The van der Waals surface area contributed by atoms with Crippen molar-refractivity contribution >= 4 is 16.5 Å². The number of hydrogen-bond donors (Lipinski definition) is 1. The van der Waals surface area contributed by atoms with Crippen molar-refractivity contribution in [1.29, 1.82) is 0 Å². The third kappa shape index (κ3) is 1.87. The smallest absolute Gasteiger partial charge is 0.278 e. The number of anilines is 1. The zero-order valence-electron chi connectivity index (χ0n) is 7.18. The molecule has 1 heterocycles. The minimum Gasteiger partial charge on any atom is -0.278 e. The summed E-state index contributed by atoms with van der Waals surface area (Å²) in [6, 6.07) is 10.3. The lowest BCUT2D eigenvalue weighted by atomic mass is 10.2. The average molecular weight is 191 g/mol. The van der Waals surface area contributed by atoms with E-state index in [1.165, 1.54) is 5.56 Å². The number of nitrogens with two attached hydrogens (primary N) is 1. The Morgan fingerprint density at radius 1 is 1.23 bits per heavy atom. The first kappa shape index (κ1) is 8.26. The fourth-order valence-electron chi connectivity index (χ4n) is 1.23. The summed E-state index contributed by atoms with van der Waals surface area (Å²) in [7, 11) is 0. The van der Waals surface area contributed by atoms with Gasteiger partial charge in [-0.15, -0.1) is 0 Å². The second kappa shape index (κ2) is 3.58. The first-order valence-electron chi connectivity index (χ1n) is 4.12. The van der Waals surface area contributed by atoms with Gasteiger partial charge in [0.15, 0.2) is 0 Å². The molecule has 2 rings (SSSR count). The Hall–Kier alpha value is -1.35. The van der Waals surface area contributed by atoms with E-state index < -0.39 is 0 Å². The molecule has 66 valence electrons. The number of benzene rings is 1. The number of aromatic nitrogens is 1. The maximum absolute atomic E-state index is 5.77. The molecule has 0 aliphatic carbocycles. The fourth-order valence-corrected chi connectivity index (χ4v) is 1.83. The van der Waals surface area contributed by atoms with Crippen LogP contribution in [0.15, 0.2) is 41.9 Å². The van der Waals surface area contributed by atoms with Gasteiger partial charge in [-0.25, -0.2) is 4.57 Å². The van der Waals surface area contributed by atoms with Crippen LogP contribution in [0, 0.1) is 0 Å². The van der Waals surface area contributed by atoms with Gasteiger partial charge in [0.05, 0.1) is 0 Å². The number of rotatable bonds is 2. The molecule has 2 nitrogen and oxygen atoms in total. The molecular weight excluding hydrogens is 180 g/mol. The number of hydrogen-bond acceptors (Lipinski definition) is 2. The molecule has 3 heteroatoms. The van der Waals surface area contributed by atoms with Crippen molar-refractivity contribution in [3.05, 3.63) is 47.5 Å². The molecule has 0 aliphatic rings. The standard InChI is InChI=1S/C10H10N2S/c11-10-12(6-7-13-10)8-9-4-2-1-3-5-9/h1-7,11H,8H2/p+1. The Kier molecular flexibility index (Phi) is 2.27. The van der Waals surface area contributed by atoms with Gasteiger partial charge >= 0.3 is 5.13 Å². The summed E-state index contributed by atoms with van der Waals surface area (Å²) in [6.45, 7) is 0.857. The highest BCUT2D eigenvalue weighted by atomic mass is 32.1. The molecule has 0 bridgehead atoms. The summed E-state index contributed by atoms with van der Waals surface area (Å²) >= 11 is 1.56. The molecule has 0 saturated heterocycles. The fraction of sp³-hybridized carbons (Fsp3) is 0.100. The second-order valence-corrected chi connectivity index (χ2v) is 3.78. The minimum atomic E-state index is 0.851. The molecule has 1 aromatic carbocycles. The van der Waals surface area contributed by atoms with Gasteiger partial charge in [0, 0.05) is 5.38 Å². The third-order valence-electron chi connectivity index (χ3n) is 1.91. The Labute approximate surface area is 81.3 Å². The summed E-state index contributed by atoms with van der Waals surface area (Å²) in [6.07, 6.45) is 2.01. The van der Waals surface area contributed by atoms with Gasteiger partial charge in [-0.2, -0.15) is 0 Å². The average Bonchev–Trinajstić information content (AvgIpc) is 2.54. The molecule has 0 atom stereocenters. The van der Waals surface area contributed by atoms with Crippen LogP contribution in [0.25, 0.3) is 0 Å². The summed E-state index contributed by atoms with van der Waals surface area (Å²) < 4.78 is 2.04. The van der Waals surface area contributed by atoms with Crippen molar-refractivity contribution in [2.24, 2.45) is 0 Å².